The maximum Gasteiger partial charge on any atom is 0.306 e. The van der Waals surface area contributed by atoms with Crippen molar-refractivity contribution in [3.05, 3.63) is 23.2 Å². The number of carbonyl (C=O) groups excluding carboxylic acids is 1. The lowest BCUT2D eigenvalue weighted by atomic mass is 9.87. The van der Waals surface area contributed by atoms with E-state index in [0.29, 0.717) is 23.2 Å². The van der Waals surface area contributed by atoms with Gasteiger partial charge in [-0.2, -0.15) is 5.26 Å². The zero-order valence-electron chi connectivity index (χ0n) is 14.2. The number of hydrogen-bond donors (Lipinski definition) is 2. The molecule has 3 unspecified atom stereocenters. The maximum atomic E-state index is 14.4. The molecule has 0 aromatic carbocycles. The first kappa shape index (κ1) is 17.6. The van der Waals surface area contributed by atoms with E-state index in [2.05, 4.69) is 20.0 Å². The third kappa shape index (κ3) is 2.78. The normalized spacial score (nSPS) is 28.7. The monoisotopic (exact) mass is 391 g/mol. The Hall–Kier alpha value is -2.80. The van der Waals surface area contributed by atoms with Crippen molar-refractivity contribution in [1.29, 1.82) is 5.26 Å². The summed E-state index contributed by atoms with van der Waals surface area (Å²) in [6.45, 7) is 0.468. The molecule has 7 nitrogen and oxygen atoms in total. The summed E-state index contributed by atoms with van der Waals surface area (Å²) in [6.07, 6.45) is 1.72. The fourth-order valence-corrected chi connectivity index (χ4v) is 4.29. The number of nitrogens with zero attached hydrogens (tertiary/aromatic N) is 3. The highest BCUT2D eigenvalue weighted by Gasteiger charge is 2.66. The summed E-state index contributed by atoms with van der Waals surface area (Å²) < 4.78 is 34.1. The Kier molecular flexibility index (Phi) is 3.82. The Bertz CT molecular complexity index is 1010. The number of nitrogens with one attached hydrogen (secondary N) is 1. The average molecular weight is 391 g/mol. The number of nitrogens with two attached hydrogens (primary N) is 1. The molecule has 1 aliphatic heterocycles. The lowest BCUT2D eigenvalue weighted by molar-refractivity contribution is -0.127. The summed E-state index contributed by atoms with van der Waals surface area (Å²) in [6, 6.07) is 3.41. The van der Waals surface area contributed by atoms with Gasteiger partial charge in [-0.15, -0.1) is 11.3 Å². The number of aromatic nitrogens is 1. The van der Waals surface area contributed by atoms with Gasteiger partial charge in [-0.1, -0.05) is 0 Å². The van der Waals surface area contributed by atoms with Gasteiger partial charge in [0.25, 0.3) is 6.02 Å². The number of halogens is 2. The topological polar surface area (TPSA) is 113 Å². The van der Waals surface area contributed by atoms with E-state index >= 15 is 0 Å². The third-order valence-corrected chi connectivity index (χ3v) is 6.05. The molecule has 3 atom stereocenters. The predicted molar refractivity (Wildman–Crippen MR) is 95.5 cm³/mol. The van der Waals surface area contributed by atoms with Crippen LogP contribution in [0.25, 0.3) is 10.2 Å². The first-order valence-corrected chi connectivity index (χ1v) is 9.07. The first-order chi connectivity index (χ1) is 12.7. The van der Waals surface area contributed by atoms with Gasteiger partial charge in [0.15, 0.2) is 6.61 Å². The predicted octanol–water partition coefficient (Wildman–Crippen LogP) is 2.48. The minimum absolute atomic E-state index is 0.282. The van der Waals surface area contributed by atoms with Crippen molar-refractivity contribution in [3.63, 3.8) is 0 Å². The third-order valence-electron chi connectivity index (χ3n) is 5.13. The van der Waals surface area contributed by atoms with Gasteiger partial charge in [0, 0.05) is 23.4 Å². The van der Waals surface area contributed by atoms with Gasteiger partial charge >= 0.3 is 5.92 Å². The number of aliphatic imine (C=N–C) groups is 1. The van der Waals surface area contributed by atoms with Gasteiger partial charge in [-0.05, 0) is 19.4 Å². The molecule has 27 heavy (non-hydrogen) atoms. The fraction of sp³-hybridized carbons (Fsp3) is 0.412. The molecule has 0 bridgehead atoms. The average Bonchev–Trinajstić information content (AvgIpc) is 3.36. The number of pyridine rings is 1. The minimum Gasteiger partial charge on any atom is -0.459 e. The maximum absolute atomic E-state index is 14.4. The zero-order chi connectivity index (χ0) is 19.4. The van der Waals surface area contributed by atoms with E-state index in [1.807, 2.05) is 6.07 Å². The van der Waals surface area contributed by atoms with Crippen molar-refractivity contribution in [2.75, 3.05) is 11.9 Å². The summed E-state index contributed by atoms with van der Waals surface area (Å²) in [5.41, 5.74) is 5.20. The Labute approximate surface area is 156 Å². The molecule has 2 aromatic rings. The summed E-state index contributed by atoms with van der Waals surface area (Å²) in [7, 11) is 0. The van der Waals surface area contributed by atoms with Gasteiger partial charge in [0.1, 0.15) is 17.1 Å². The summed E-state index contributed by atoms with van der Waals surface area (Å²) >= 11 is 1.34. The number of thiophene rings is 1. The summed E-state index contributed by atoms with van der Waals surface area (Å²) in [5, 5.41) is 13.4. The highest BCUT2D eigenvalue weighted by molar-refractivity contribution is 7.17. The van der Waals surface area contributed by atoms with Crippen molar-refractivity contribution in [2.24, 2.45) is 22.6 Å². The molecular formula is C17H15F2N5O2S. The van der Waals surface area contributed by atoms with Crippen LogP contribution >= 0.6 is 11.3 Å². The molecule has 3 heterocycles. The highest BCUT2D eigenvalue weighted by Crippen LogP contribution is 2.55. The van der Waals surface area contributed by atoms with Gasteiger partial charge in [-0.3, -0.25) is 9.78 Å². The van der Waals surface area contributed by atoms with Crippen LogP contribution < -0.4 is 11.1 Å². The fourth-order valence-electron chi connectivity index (χ4n) is 3.40. The lowest BCUT2D eigenvalue weighted by Crippen LogP contribution is -2.55. The molecule has 2 aliphatic rings. The number of rotatable bonds is 3. The molecule has 0 saturated heterocycles. The van der Waals surface area contributed by atoms with Gasteiger partial charge in [-0.25, -0.2) is 13.8 Å². The SMILES string of the molecule is CC1(C2CC2C(=O)Nc2csc3cc(C#N)cnc23)N=C(N)OCC1(F)F. The van der Waals surface area contributed by atoms with Crippen molar-refractivity contribution in [2.45, 2.75) is 24.8 Å². The molecule has 1 saturated carbocycles. The quantitative estimate of drug-likeness (QED) is 0.834. The van der Waals surface area contributed by atoms with Crippen molar-refractivity contribution < 1.29 is 18.3 Å². The number of alkyl halides is 2. The Morgan fingerprint density at radius 2 is 2.33 bits per heavy atom. The molecule has 4 rings (SSSR count). The number of nitriles is 1. The van der Waals surface area contributed by atoms with Crippen LogP contribution in [0.15, 0.2) is 22.6 Å². The van der Waals surface area contributed by atoms with Crippen LogP contribution in [0.3, 0.4) is 0 Å². The Morgan fingerprint density at radius 1 is 1.56 bits per heavy atom. The van der Waals surface area contributed by atoms with E-state index in [4.69, 9.17) is 11.0 Å². The molecule has 1 aliphatic carbocycles. The largest absolute Gasteiger partial charge is 0.459 e. The van der Waals surface area contributed by atoms with Gasteiger partial charge < -0.3 is 15.8 Å². The summed E-state index contributed by atoms with van der Waals surface area (Å²) in [4.78, 5) is 20.6. The van der Waals surface area contributed by atoms with E-state index < -0.39 is 29.9 Å². The number of ether oxygens (including phenoxy) is 1. The Morgan fingerprint density at radius 3 is 3.07 bits per heavy atom. The summed E-state index contributed by atoms with van der Waals surface area (Å²) in [5.74, 6) is -4.79. The second kappa shape index (κ2) is 5.85. The standard InChI is InChI=1S/C17H15F2N5O2S/c1-16(17(18,19)7-26-15(21)24-16)10-3-9(10)14(25)23-11-6-27-12-2-8(4-20)5-22-13(11)12/h2,5-6,9-10H,3,7H2,1H3,(H2,21,24)(H,23,25). The van der Waals surface area contributed by atoms with Crippen LogP contribution in [0.1, 0.15) is 18.9 Å². The van der Waals surface area contributed by atoms with E-state index in [1.165, 1.54) is 24.5 Å². The van der Waals surface area contributed by atoms with E-state index in [1.54, 1.807) is 11.4 Å². The number of amides is 1. The van der Waals surface area contributed by atoms with Crippen molar-refractivity contribution in [1.82, 2.24) is 4.98 Å². The first-order valence-electron chi connectivity index (χ1n) is 8.19. The van der Waals surface area contributed by atoms with Gasteiger partial charge in [0.05, 0.1) is 16.0 Å². The molecule has 140 valence electrons. The van der Waals surface area contributed by atoms with E-state index in [-0.39, 0.29) is 11.9 Å². The zero-order valence-corrected chi connectivity index (χ0v) is 15.0. The number of hydrogen-bond acceptors (Lipinski definition) is 7. The highest BCUT2D eigenvalue weighted by atomic mass is 32.1. The molecule has 1 fully saturated rings. The molecule has 3 N–H and O–H groups in total. The number of anilines is 1. The van der Waals surface area contributed by atoms with Crippen LogP contribution in [-0.2, 0) is 9.53 Å². The molecule has 2 aromatic heterocycles. The minimum atomic E-state index is -3.21. The molecule has 10 heteroatoms. The number of amidine groups is 1. The second-order valence-electron chi connectivity index (χ2n) is 6.86. The lowest BCUT2D eigenvalue weighted by Gasteiger charge is -2.37. The molecular weight excluding hydrogens is 376 g/mol. The van der Waals surface area contributed by atoms with Crippen molar-refractivity contribution in [3.8, 4) is 6.07 Å². The number of carbonyl (C=O) groups is 1. The number of fused-ring (bicyclic) bond motifs is 1. The van der Waals surface area contributed by atoms with Gasteiger partial charge in [0.2, 0.25) is 5.91 Å². The molecule has 1 amide bonds. The van der Waals surface area contributed by atoms with Crippen LogP contribution in [0.4, 0.5) is 14.5 Å². The van der Waals surface area contributed by atoms with E-state index in [9.17, 15) is 13.6 Å². The van der Waals surface area contributed by atoms with Crippen LogP contribution in [0, 0.1) is 23.2 Å². The second-order valence-corrected chi connectivity index (χ2v) is 7.77. The smallest absolute Gasteiger partial charge is 0.306 e. The Balaban J connectivity index is 1.53. The van der Waals surface area contributed by atoms with Crippen LogP contribution in [0.5, 0.6) is 0 Å². The molecule has 0 spiro atoms. The molecule has 0 radical (unpaired) electrons. The van der Waals surface area contributed by atoms with Crippen LogP contribution in [0.2, 0.25) is 0 Å². The van der Waals surface area contributed by atoms with Crippen LogP contribution in [-0.4, -0.2) is 35.0 Å². The van der Waals surface area contributed by atoms with Crippen molar-refractivity contribution >= 4 is 39.2 Å². The van der Waals surface area contributed by atoms with E-state index in [0.717, 1.165) is 4.70 Å².